The Balaban J connectivity index is 1.39. The van der Waals surface area contributed by atoms with Crippen molar-refractivity contribution in [1.82, 2.24) is 0 Å². The summed E-state index contributed by atoms with van der Waals surface area (Å²) in [6, 6.07) is 25.4. The minimum absolute atomic E-state index is 0.0499. The van der Waals surface area contributed by atoms with Crippen LogP contribution < -0.4 is 9.47 Å². The number of benzene rings is 3. The highest BCUT2D eigenvalue weighted by Gasteiger charge is 2.45. The fraction of sp³-hybridized carbons (Fsp3) is 0.200. The van der Waals surface area contributed by atoms with Crippen molar-refractivity contribution in [3.05, 3.63) is 131 Å². The van der Waals surface area contributed by atoms with Gasteiger partial charge >= 0.3 is 5.79 Å². The molecule has 1 fully saturated rings. The van der Waals surface area contributed by atoms with E-state index in [1.807, 2.05) is 36.4 Å². The van der Waals surface area contributed by atoms with Crippen LogP contribution in [0.25, 0.3) is 0 Å². The van der Waals surface area contributed by atoms with Gasteiger partial charge < -0.3 is 9.47 Å². The summed E-state index contributed by atoms with van der Waals surface area (Å²) in [7, 11) is 0. The number of halogens is 3. The van der Waals surface area contributed by atoms with Crippen LogP contribution in [0.2, 0.25) is 5.02 Å². The van der Waals surface area contributed by atoms with Crippen molar-refractivity contribution in [2.45, 2.75) is 36.9 Å². The molecule has 0 aliphatic heterocycles. The Morgan fingerprint density at radius 2 is 1.40 bits per heavy atom. The van der Waals surface area contributed by atoms with E-state index in [9.17, 15) is 0 Å². The summed E-state index contributed by atoms with van der Waals surface area (Å²) in [5.74, 6) is -1.63. The van der Waals surface area contributed by atoms with Gasteiger partial charge in [-0.2, -0.15) is 0 Å². The molecule has 0 amide bonds. The van der Waals surface area contributed by atoms with Crippen LogP contribution in [-0.4, -0.2) is 5.79 Å². The third kappa shape index (κ3) is 5.33. The minimum atomic E-state index is -1.72. The van der Waals surface area contributed by atoms with Crippen molar-refractivity contribution in [2.24, 2.45) is 0 Å². The van der Waals surface area contributed by atoms with Crippen LogP contribution in [0.3, 0.4) is 0 Å². The van der Waals surface area contributed by atoms with Gasteiger partial charge in [0.1, 0.15) is 17.3 Å². The molecule has 0 atom stereocenters. The minimum Gasteiger partial charge on any atom is -0.446 e. The first-order valence-corrected chi connectivity index (χ1v) is 12.0. The van der Waals surface area contributed by atoms with Crippen LogP contribution in [0.4, 0.5) is 8.78 Å². The normalized spacial score (nSPS) is 18.3. The van der Waals surface area contributed by atoms with Gasteiger partial charge in [-0.1, -0.05) is 71.8 Å². The second-order valence-electron chi connectivity index (χ2n) is 9.03. The van der Waals surface area contributed by atoms with Crippen LogP contribution >= 0.6 is 11.6 Å². The second-order valence-corrected chi connectivity index (χ2v) is 9.47. The van der Waals surface area contributed by atoms with Crippen LogP contribution in [-0.2, 0) is 5.41 Å². The molecule has 0 spiro atoms. The first kappa shape index (κ1) is 23.4. The maximum atomic E-state index is 15.4. The van der Waals surface area contributed by atoms with Crippen molar-refractivity contribution < 1.29 is 18.3 Å². The lowest BCUT2D eigenvalue weighted by Crippen LogP contribution is -2.45. The zero-order chi connectivity index (χ0) is 24.3. The smallest absolute Gasteiger partial charge is 0.308 e. The van der Waals surface area contributed by atoms with Gasteiger partial charge in [0.25, 0.3) is 0 Å². The quantitative estimate of drug-likeness (QED) is 0.294. The molecule has 3 aromatic rings. The molecule has 2 aliphatic carbocycles. The standard InChI is InChI=1S/C30H25ClF2O2/c31-24-14-12-23(13-15-24)29(17-18-29)21-25(32)19-22-11-16-28(33)30(20-22,34-26-7-3-1-4-8-26)35-27-9-5-2-6-10-27/h1-16,21H,17-20H2. The highest BCUT2D eigenvalue weighted by atomic mass is 35.5. The zero-order valence-corrected chi connectivity index (χ0v) is 19.8. The summed E-state index contributed by atoms with van der Waals surface area (Å²) in [5.41, 5.74) is 1.43. The molecule has 35 heavy (non-hydrogen) atoms. The summed E-state index contributed by atoms with van der Waals surface area (Å²) in [6.45, 7) is 0. The molecule has 178 valence electrons. The molecule has 2 aliphatic rings. The number of para-hydroxylation sites is 2. The van der Waals surface area contributed by atoms with Gasteiger partial charge in [-0.3, -0.25) is 0 Å². The van der Waals surface area contributed by atoms with E-state index in [1.54, 1.807) is 60.7 Å². The van der Waals surface area contributed by atoms with Gasteiger partial charge in [0.15, 0.2) is 5.83 Å². The van der Waals surface area contributed by atoms with Crippen molar-refractivity contribution in [2.75, 3.05) is 0 Å². The summed E-state index contributed by atoms with van der Waals surface area (Å²) < 4.78 is 42.9. The maximum Gasteiger partial charge on any atom is 0.308 e. The molecule has 0 bridgehead atoms. The Labute approximate surface area is 209 Å². The zero-order valence-electron chi connectivity index (χ0n) is 19.1. The fourth-order valence-electron chi connectivity index (χ4n) is 4.43. The molecule has 5 heteroatoms. The SMILES string of the molecule is FC(=CC1(c2ccc(Cl)cc2)CC1)CC1=CC=C(F)C(Oc2ccccc2)(Oc2ccccc2)C1. The third-order valence-corrected chi connectivity index (χ3v) is 6.63. The van der Waals surface area contributed by atoms with Crippen LogP contribution in [0.15, 0.2) is 120 Å². The van der Waals surface area contributed by atoms with E-state index in [0.29, 0.717) is 22.1 Å². The number of allylic oxidation sites excluding steroid dienone is 4. The van der Waals surface area contributed by atoms with Crippen LogP contribution in [0.1, 0.15) is 31.2 Å². The number of hydrogen-bond donors (Lipinski definition) is 0. The van der Waals surface area contributed by atoms with E-state index < -0.39 is 11.6 Å². The van der Waals surface area contributed by atoms with Crippen molar-refractivity contribution in [1.29, 1.82) is 0 Å². The lowest BCUT2D eigenvalue weighted by molar-refractivity contribution is -0.0971. The Kier molecular flexibility index (Phi) is 6.48. The van der Waals surface area contributed by atoms with Crippen molar-refractivity contribution >= 4 is 11.6 Å². The lowest BCUT2D eigenvalue weighted by atomic mass is 9.92. The first-order chi connectivity index (χ1) is 17.0. The van der Waals surface area contributed by atoms with E-state index >= 15 is 8.78 Å². The maximum absolute atomic E-state index is 15.4. The van der Waals surface area contributed by atoms with E-state index in [0.717, 1.165) is 18.4 Å². The molecule has 1 saturated carbocycles. The van der Waals surface area contributed by atoms with Gasteiger partial charge in [0.05, 0.1) is 6.42 Å². The molecule has 0 radical (unpaired) electrons. The molecular formula is C30H25ClF2O2. The van der Waals surface area contributed by atoms with E-state index in [-0.39, 0.29) is 24.1 Å². The van der Waals surface area contributed by atoms with Crippen LogP contribution in [0.5, 0.6) is 11.5 Å². The Hall–Kier alpha value is -3.37. The van der Waals surface area contributed by atoms with Gasteiger partial charge in [0, 0.05) is 16.9 Å². The first-order valence-electron chi connectivity index (χ1n) is 11.6. The fourth-order valence-corrected chi connectivity index (χ4v) is 4.56. The average Bonchev–Trinajstić information content (AvgIpc) is 3.63. The van der Waals surface area contributed by atoms with Gasteiger partial charge in [-0.15, -0.1) is 0 Å². The van der Waals surface area contributed by atoms with Crippen molar-refractivity contribution in [3.63, 3.8) is 0 Å². The molecule has 0 heterocycles. The van der Waals surface area contributed by atoms with Gasteiger partial charge in [-0.05, 0) is 67.0 Å². The molecule has 0 N–H and O–H groups in total. The molecule has 0 aromatic heterocycles. The van der Waals surface area contributed by atoms with Gasteiger partial charge in [-0.25, -0.2) is 8.78 Å². The monoisotopic (exact) mass is 490 g/mol. The molecule has 0 saturated heterocycles. The third-order valence-electron chi connectivity index (χ3n) is 6.38. The number of rotatable bonds is 8. The predicted molar refractivity (Wildman–Crippen MR) is 135 cm³/mol. The molecule has 3 aromatic carbocycles. The molecular weight excluding hydrogens is 466 g/mol. The molecule has 5 rings (SSSR count). The Morgan fingerprint density at radius 3 is 1.94 bits per heavy atom. The summed E-state index contributed by atoms with van der Waals surface area (Å²) >= 11 is 6.01. The molecule has 0 unspecified atom stereocenters. The number of hydrogen-bond acceptors (Lipinski definition) is 2. The lowest BCUT2D eigenvalue weighted by Gasteiger charge is -2.35. The highest BCUT2D eigenvalue weighted by molar-refractivity contribution is 6.30. The van der Waals surface area contributed by atoms with Crippen LogP contribution in [0, 0.1) is 0 Å². The van der Waals surface area contributed by atoms with Crippen molar-refractivity contribution in [3.8, 4) is 11.5 Å². The largest absolute Gasteiger partial charge is 0.446 e. The summed E-state index contributed by atoms with van der Waals surface area (Å²) in [5, 5.41) is 0.656. The average molecular weight is 491 g/mol. The topological polar surface area (TPSA) is 18.5 Å². The summed E-state index contributed by atoms with van der Waals surface area (Å²) in [6.07, 6.45) is 6.49. The number of ether oxygens (including phenoxy) is 2. The van der Waals surface area contributed by atoms with Gasteiger partial charge in [0.2, 0.25) is 0 Å². The molecule has 2 nitrogen and oxygen atoms in total. The predicted octanol–water partition coefficient (Wildman–Crippen LogP) is 8.65. The van der Waals surface area contributed by atoms with E-state index in [2.05, 4.69) is 0 Å². The summed E-state index contributed by atoms with van der Waals surface area (Å²) in [4.78, 5) is 0. The van der Waals surface area contributed by atoms with E-state index in [1.165, 1.54) is 6.08 Å². The second kappa shape index (κ2) is 9.71. The Bertz CT molecular complexity index is 1220. The van der Waals surface area contributed by atoms with E-state index in [4.69, 9.17) is 21.1 Å². The highest BCUT2D eigenvalue weighted by Crippen LogP contribution is 2.51. The Morgan fingerprint density at radius 1 is 0.829 bits per heavy atom.